The summed E-state index contributed by atoms with van der Waals surface area (Å²) in [5.74, 6) is -1.52. The summed E-state index contributed by atoms with van der Waals surface area (Å²) in [7, 11) is 3.23. The molecular formula is C34H40F2N4O4. The first-order chi connectivity index (χ1) is 20.9. The predicted molar refractivity (Wildman–Crippen MR) is 165 cm³/mol. The van der Waals surface area contributed by atoms with E-state index in [0.717, 1.165) is 11.6 Å². The molecule has 1 fully saturated rings. The first-order valence-electron chi connectivity index (χ1n) is 14.5. The van der Waals surface area contributed by atoms with Gasteiger partial charge in [0.15, 0.2) is 11.5 Å². The van der Waals surface area contributed by atoms with Crippen molar-refractivity contribution in [1.29, 1.82) is 0 Å². The Kier molecular flexibility index (Phi) is 10.3. The molecule has 0 aliphatic carbocycles. The van der Waals surface area contributed by atoms with Crippen molar-refractivity contribution in [2.24, 2.45) is 5.73 Å². The van der Waals surface area contributed by atoms with E-state index >= 15 is 0 Å². The van der Waals surface area contributed by atoms with Crippen LogP contribution in [0, 0.1) is 11.6 Å². The predicted octanol–water partition coefficient (Wildman–Crippen LogP) is 4.98. The van der Waals surface area contributed by atoms with Gasteiger partial charge in [-0.2, -0.15) is 0 Å². The summed E-state index contributed by atoms with van der Waals surface area (Å²) >= 11 is 0. The number of phenolic OH excluding ortho intramolecular Hbond substituents is 1. The second kappa shape index (κ2) is 13.9. The SMILES string of the molecule is C=C(N)/C(=C\C/C=C\C)C1=CC(c2ccc(O)c(OC)c2)N2C(=O)CN(C(C)CN(C)Cc3ccc(F)cc3F)C(=O)C2C1. The van der Waals surface area contributed by atoms with E-state index in [2.05, 4.69) is 6.58 Å². The highest BCUT2D eigenvalue weighted by Crippen LogP contribution is 2.41. The van der Waals surface area contributed by atoms with E-state index in [-0.39, 0.29) is 48.9 Å². The van der Waals surface area contributed by atoms with Gasteiger partial charge in [-0.15, -0.1) is 0 Å². The van der Waals surface area contributed by atoms with Gasteiger partial charge in [0, 0.05) is 42.9 Å². The number of amides is 2. The molecule has 2 heterocycles. The Morgan fingerprint density at radius 3 is 2.66 bits per heavy atom. The van der Waals surface area contributed by atoms with Crippen LogP contribution in [0.25, 0.3) is 0 Å². The first kappa shape index (κ1) is 32.5. The fourth-order valence-electron chi connectivity index (χ4n) is 5.92. The highest BCUT2D eigenvalue weighted by molar-refractivity contribution is 5.96. The largest absolute Gasteiger partial charge is 0.504 e. The Balaban J connectivity index is 1.66. The normalized spacial score (nSPS) is 19.8. The summed E-state index contributed by atoms with van der Waals surface area (Å²) in [5.41, 5.74) is 9.09. The molecule has 0 spiro atoms. The maximum absolute atomic E-state index is 14.3. The lowest BCUT2D eigenvalue weighted by molar-refractivity contribution is -0.160. The number of fused-ring (bicyclic) bond motifs is 1. The van der Waals surface area contributed by atoms with Gasteiger partial charge in [-0.25, -0.2) is 8.78 Å². The van der Waals surface area contributed by atoms with Gasteiger partial charge < -0.3 is 25.4 Å². The van der Waals surface area contributed by atoms with E-state index in [4.69, 9.17) is 10.5 Å². The van der Waals surface area contributed by atoms with Crippen LogP contribution in [0.3, 0.4) is 0 Å². The topological polar surface area (TPSA) is 99.3 Å². The number of rotatable bonds is 11. The third kappa shape index (κ3) is 7.02. The summed E-state index contributed by atoms with van der Waals surface area (Å²) in [4.78, 5) is 33.0. The highest BCUT2D eigenvalue weighted by atomic mass is 19.1. The molecule has 10 heteroatoms. The second-order valence-corrected chi connectivity index (χ2v) is 11.3. The van der Waals surface area contributed by atoms with Crippen LogP contribution in [-0.4, -0.2) is 71.0 Å². The molecule has 1 saturated heterocycles. The molecule has 8 nitrogen and oxygen atoms in total. The standard InChI is InChI=1S/C34H40F2N4O4/c1-6-7-8-9-27(22(3)37)25-14-29(23-11-13-31(41)32(16-23)44-5)40-30(15-25)34(43)39(20-33(40)42)21(2)18-38(4)19-24-10-12-26(35)17-28(24)36/h6-7,9-14,16-17,21,29-30,41H,3,8,15,18-20,37H2,1-2,4-5H3/b7-6-,27-9+. The van der Waals surface area contributed by atoms with Gasteiger partial charge in [-0.3, -0.25) is 14.5 Å². The van der Waals surface area contributed by atoms with E-state index in [1.165, 1.54) is 25.3 Å². The van der Waals surface area contributed by atoms with E-state index in [1.54, 1.807) is 29.0 Å². The maximum atomic E-state index is 14.3. The van der Waals surface area contributed by atoms with Crippen LogP contribution in [0.1, 0.15) is 43.9 Å². The number of hydrogen-bond donors (Lipinski definition) is 2. The van der Waals surface area contributed by atoms with Crippen LogP contribution in [0.5, 0.6) is 11.5 Å². The smallest absolute Gasteiger partial charge is 0.246 e. The maximum Gasteiger partial charge on any atom is 0.246 e. The molecule has 0 aromatic heterocycles. The van der Waals surface area contributed by atoms with Gasteiger partial charge in [-0.05, 0) is 62.2 Å². The summed E-state index contributed by atoms with van der Waals surface area (Å²) in [6.07, 6.45) is 8.65. The number of nitrogens with two attached hydrogens (primary N) is 1. The van der Waals surface area contributed by atoms with Crippen LogP contribution >= 0.6 is 0 Å². The Bertz CT molecular complexity index is 1520. The molecule has 2 amide bonds. The average molecular weight is 607 g/mol. The number of hydrogen-bond acceptors (Lipinski definition) is 6. The molecule has 2 aliphatic heterocycles. The molecule has 234 valence electrons. The van der Waals surface area contributed by atoms with Crippen molar-refractivity contribution in [2.75, 3.05) is 27.2 Å². The summed E-state index contributed by atoms with van der Waals surface area (Å²) in [6, 6.07) is 6.51. The molecule has 44 heavy (non-hydrogen) atoms. The zero-order chi connectivity index (χ0) is 32.1. The number of carbonyl (C=O) groups is 2. The number of likely N-dealkylation sites (N-methyl/N-ethyl adjacent to an activating group) is 1. The summed E-state index contributed by atoms with van der Waals surface area (Å²) in [6.45, 7) is 8.18. The number of carbonyl (C=O) groups excluding carboxylic acids is 2. The second-order valence-electron chi connectivity index (χ2n) is 11.3. The number of halogens is 2. The summed E-state index contributed by atoms with van der Waals surface area (Å²) < 4.78 is 33.0. The third-order valence-corrected chi connectivity index (χ3v) is 8.06. The molecule has 2 aliphatic rings. The van der Waals surface area contributed by atoms with Crippen LogP contribution in [0.2, 0.25) is 0 Å². The Labute approximate surface area is 257 Å². The Hall–Kier alpha value is -4.44. The van der Waals surface area contributed by atoms with Crippen molar-refractivity contribution < 1.29 is 28.2 Å². The van der Waals surface area contributed by atoms with Crippen molar-refractivity contribution in [3.8, 4) is 11.5 Å². The minimum atomic E-state index is -0.812. The zero-order valence-electron chi connectivity index (χ0n) is 25.6. The number of benzene rings is 2. The average Bonchev–Trinajstić information content (AvgIpc) is 2.98. The monoisotopic (exact) mass is 606 g/mol. The lowest BCUT2D eigenvalue weighted by Crippen LogP contribution is -2.64. The number of allylic oxidation sites excluding steroid dienone is 4. The fraction of sp³-hybridized carbons (Fsp3) is 0.353. The zero-order valence-corrected chi connectivity index (χ0v) is 25.6. The third-order valence-electron chi connectivity index (χ3n) is 8.06. The Morgan fingerprint density at radius 2 is 2.00 bits per heavy atom. The van der Waals surface area contributed by atoms with Crippen molar-refractivity contribution in [3.05, 3.63) is 107 Å². The van der Waals surface area contributed by atoms with Gasteiger partial charge >= 0.3 is 0 Å². The van der Waals surface area contributed by atoms with Crippen LogP contribution in [0.4, 0.5) is 8.78 Å². The number of phenols is 1. The molecule has 3 unspecified atom stereocenters. The van der Waals surface area contributed by atoms with E-state index in [9.17, 15) is 23.5 Å². The van der Waals surface area contributed by atoms with Crippen LogP contribution in [-0.2, 0) is 16.1 Å². The number of methoxy groups -OCH3 is 1. The van der Waals surface area contributed by atoms with Gasteiger partial charge in [0.05, 0.1) is 13.2 Å². The van der Waals surface area contributed by atoms with Gasteiger partial charge in [0.1, 0.15) is 24.2 Å². The van der Waals surface area contributed by atoms with E-state index < -0.39 is 23.7 Å². The van der Waals surface area contributed by atoms with Gasteiger partial charge in [0.2, 0.25) is 11.8 Å². The molecule has 2 aromatic carbocycles. The van der Waals surface area contributed by atoms with Crippen molar-refractivity contribution >= 4 is 11.8 Å². The Morgan fingerprint density at radius 1 is 1.25 bits per heavy atom. The van der Waals surface area contributed by atoms with E-state index in [0.29, 0.717) is 35.4 Å². The van der Waals surface area contributed by atoms with Gasteiger partial charge in [0.25, 0.3) is 0 Å². The molecule has 4 rings (SSSR count). The number of piperazine rings is 1. The van der Waals surface area contributed by atoms with Crippen molar-refractivity contribution in [1.82, 2.24) is 14.7 Å². The minimum Gasteiger partial charge on any atom is -0.504 e. The number of nitrogens with zero attached hydrogens (tertiary/aromatic N) is 3. The van der Waals surface area contributed by atoms with Crippen molar-refractivity contribution in [2.45, 2.75) is 51.4 Å². The van der Waals surface area contributed by atoms with Crippen LogP contribution < -0.4 is 10.5 Å². The molecule has 0 radical (unpaired) electrons. The van der Waals surface area contributed by atoms with Gasteiger partial charge in [-0.1, -0.05) is 43.0 Å². The molecule has 0 bridgehead atoms. The minimum absolute atomic E-state index is 0.0410. The lowest BCUT2D eigenvalue weighted by Gasteiger charge is -2.48. The summed E-state index contributed by atoms with van der Waals surface area (Å²) in [5, 5.41) is 10.2. The molecule has 2 aromatic rings. The lowest BCUT2D eigenvalue weighted by atomic mass is 9.84. The molecular weight excluding hydrogens is 566 g/mol. The molecule has 3 N–H and O–H groups in total. The first-order valence-corrected chi connectivity index (χ1v) is 14.5. The number of aromatic hydroxyl groups is 1. The van der Waals surface area contributed by atoms with Crippen LogP contribution in [0.15, 0.2) is 84.1 Å². The highest BCUT2D eigenvalue weighted by Gasteiger charge is 2.46. The fourth-order valence-corrected chi connectivity index (χ4v) is 5.92. The number of ether oxygens (including phenoxy) is 1. The quantitative estimate of drug-likeness (QED) is 0.277. The van der Waals surface area contributed by atoms with Crippen molar-refractivity contribution in [3.63, 3.8) is 0 Å². The molecule has 3 atom stereocenters. The molecule has 0 saturated carbocycles. The van der Waals surface area contributed by atoms with E-state index in [1.807, 2.05) is 43.1 Å².